The lowest BCUT2D eigenvalue weighted by molar-refractivity contribution is -0.120. The molecule has 128 valence electrons. The Bertz CT molecular complexity index is 437. The average molecular weight is 316 g/mol. The van der Waals surface area contributed by atoms with Gasteiger partial charge in [-0.15, -0.1) is 0 Å². The molecule has 0 unspecified atom stereocenters. The lowest BCUT2D eigenvalue weighted by Crippen LogP contribution is -2.22. The maximum Gasteiger partial charge on any atom is 0.298 e. The quantitative estimate of drug-likeness (QED) is 0.647. The van der Waals surface area contributed by atoms with E-state index in [0.29, 0.717) is 12.2 Å². The first-order valence-corrected chi connectivity index (χ1v) is 9.36. The van der Waals surface area contributed by atoms with E-state index in [2.05, 4.69) is 11.7 Å². The van der Waals surface area contributed by atoms with Crippen LogP contribution >= 0.6 is 0 Å². The van der Waals surface area contributed by atoms with Crippen molar-refractivity contribution < 1.29 is 9.53 Å². The predicted octanol–water partition coefficient (Wildman–Crippen LogP) is 5.92. The van der Waals surface area contributed by atoms with E-state index in [1.54, 1.807) is 37.8 Å². The minimum atomic E-state index is 0.421. The van der Waals surface area contributed by atoms with Gasteiger partial charge >= 0.3 is 0 Å². The van der Waals surface area contributed by atoms with Crippen LogP contribution in [0.25, 0.3) is 0 Å². The molecule has 1 aromatic rings. The molecule has 2 aliphatic rings. The van der Waals surface area contributed by atoms with Crippen molar-refractivity contribution in [3.8, 4) is 5.75 Å². The number of hydrogen-bond donors (Lipinski definition) is 0. The van der Waals surface area contributed by atoms with Gasteiger partial charge in [0.2, 0.25) is 0 Å². The van der Waals surface area contributed by atoms with Crippen LogP contribution in [-0.2, 0) is 4.79 Å². The smallest absolute Gasteiger partial charge is 0.298 e. The molecule has 0 aliphatic heterocycles. The predicted molar refractivity (Wildman–Crippen MR) is 95.6 cm³/mol. The van der Waals surface area contributed by atoms with E-state index in [0.717, 1.165) is 23.3 Å². The van der Waals surface area contributed by atoms with Crippen molar-refractivity contribution >= 4 is 6.47 Å². The van der Waals surface area contributed by atoms with Gasteiger partial charge in [0.25, 0.3) is 6.47 Å². The van der Waals surface area contributed by atoms with Gasteiger partial charge in [0.1, 0.15) is 5.75 Å². The fourth-order valence-corrected chi connectivity index (χ4v) is 4.04. The molecule has 0 amide bonds. The number of rotatable bonds is 3. The summed E-state index contributed by atoms with van der Waals surface area (Å²) in [6, 6.07) is 7.28. The number of hydrogen-bond acceptors (Lipinski definition) is 2. The molecule has 1 aromatic carbocycles. The molecule has 2 heteroatoms. The SMILES string of the molecule is CC1CCC(C2CCCCC2)CC1.Cc1ccc(OC=O)cc1. The van der Waals surface area contributed by atoms with Gasteiger partial charge in [-0.1, -0.05) is 69.6 Å². The molecule has 0 saturated heterocycles. The van der Waals surface area contributed by atoms with Crippen LogP contribution in [0.2, 0.25) is 0 Å². The molecule has 0 heterocycles. The van der Waals surface area contributed by atoms with Crippen LogP contribution in [0.4, 0.5) is 0 Å². The molecule has 0 bridgehead atoms. The molecule has 2 aliphatic carbocycles. The number of ether oxygens (including phenoxy) is 1. The molecule has 0 spiro atoms. The van der Waals surface area contributed by atoms with Crippen LogP contribution in [0, 0.1) is 24.7 Å². The fraction of sp³-hybridized carbons (Fsp3) is 0.667. The van der Waals surface area contributed by atoms with Crippen molar-refractivity contribution in [2.24, 2.45) is 17.8 Å². The Morgan fingerprint density at radius 2 is 1.43 bits per heavy atom. The zero-order chi connectivity index (χ0) is 16.5. The Labute approximate surface area is 141 Å². The monoisotopic (exact) mass is 316 g/mol. The van der Waals surface area contributed by atoms with Crippen LogP contribution in [-0.4, -0.2) is 6.47 Å². The lowest BCUT2D eigenvalue weighted by atomic mass is 9.71. The minimum absolute atomic E-state index is 0.421. The molecule has 3 rings (SSSR count). The molecule has 2 saturated carbocycles. The Morgan fingerprint density at radius 1 is 0.870 bits per heavy atom. The van der Waals surface area contributed by atoms with Gasteiger partial charge in [-0.25, -0.2) is 0 Å². The third-order valence-electron chi connectivity index (χ3n) is 5.58. The summed E-state index contributed by atoms with van der Waals surface area (Å²) in [6.07, 6.45) is 13.8. The lowest BCUT2D eigenvalue weighted by Gasteiger charge is -2.34. The average Bonchev–Trinajstić information content (AvgIpc) is 2.59. The summed E-state index contributed by atoms with van der Waals surface area (Å²) in [6.45, 7) is 4.83. The summed E-state index contributed by atoms with van der Waals surface area (Å²) in [5, 5.41) is 0. The maximum absolute atomic E-state index is 9.84. The summed E-state index contributed by atoms with van der Waals surface area (Å²) in [5.41, 5.74) is 1.15. The normalized spacial score (nSPS) is 25.1. The topological polar surface area (TPSA) is 26.3 Å². The molecule has 0 atom stereocenters. The molecule has 2 nitrogen and oxygen atoms in total. The third kappa shape index (κ3) is 6.37. The Hall–Kier alpha value is -1.31. The van der Waals surface area contributed by atoms with Crippen LogP contribution in [0.15, 0.2) is 24.3 Å². The summed E-state index contributed by atoms with van der Waals surface area (Å²) < 4.78 is 4.58. The highest BCUT2D eigenvalue weighted by Crippen LogP contribution is 2.39. The van der Waals surface area contributed by atoms with Crippen LogP contribution < -0.4 is 4.74 Å². The van der Waals surface area contributed by atoms with E-state index >= 15 is 0 Å². The minimum Gasteiger partial charge on any atom is -0.429 e. The number of carbonyl (C=O) groups excluding carboxylic acids is 1. The van der Waals surface area contributed by atoms with Crippen molar-refractivity contribution in [1.29, 1.82) is 0 Å². The largest absolute Gasteiger partial charge is 0.429 e. The third-order valence-corrected chi connectivity index (χ3v) is 5.58. The highest BCUT2D eigenvalue weighted by molar-refractivity contribution is 5.45. The Morgan fingerprint density at radius 3 is 2.00 bits per heavy atom. The van der Waals surface area contributed by atoms with Crippen molar-refractivity contribution in [2.75, 3.05) is 0 Å². The first-order valence-electron chi connectivity index (χ1n) is 9.36. The van der Waals surface area contributed by atoms with Crippen molar-refractivity contribution in [2.45, 2.75) is 71.6 Å². The van der Waals surface area contributed by atoms with Crippen molar-refractivity contribution in [3.63, 3.8) is 0 Å². The second-order valence-electron chi connectivity index (χ2n) is 7.45. The van der Waals surface area contributed by atoms with Crippen LogP contribution in [0.5, 0.6) is 5.75 Å². The van der Waals surface area contributed by atoms with Crippen LogP contribution in [0.1, 0.15) is 70.3 Å². The highest BCUT2D eigenvalue weighted by atomic mass is 16.5. The van der Waals surface area contributed by atoms with E-state index in [1.165, 1.54) is 32.1 Å². The zero-order valence-corrected chi connectivity index (χ0v) is 14.8. The van der Waals surface area contributed by atoms with Gasteiger partial charge in [-0.3, -0.25) is 4.79 Å². The van der Waals surface area contributed by atoms with Gasteiger partial charge in [0.15, 0.2) is 0 Å². The highest BCUT2D eigenvalue weighted by Gasteiger charge is 2.26. The summed E-state index contributed by atoms with van der Waals surface area (Å²) in [4.78, 5) is 9.84. The fourth-order valence-electron chi connectivity index (χ4n) is 4.04. The van der Waals surface area contributed by atoms with Crippen LogP contribution in [0.3, 0.4) is 0 Å². The van der Waals surface area contributed by atoms with Gasteiger partial charge < -0.3 is 4.74 Å². The summed E-state index contributed by atoms with van der Waals surface area (Å²) in [7, 11) is 0. The van der Waals surface area contributed by atoms with E-state index in [9.17, 15) is 4.79 Å². The van der Waals surface area contributed by atoms with Gasteiger partial charge in [-0.2, -0.15) is 0 Å². The van der Waals surface area contributed by atoms with E-state index < -0.39 is 0 Å². The van der Waals surface area contributed by atoms with E-state index in [1.807, 2.05) is 19.1 Å². The molecule has 23 heavy (non-hydrogen) atoms. The number of benzene rings is 1. The van der Waals surface area contributed by atoms with Gasteiger partial charge in [0, 0.05) is 0 Å². The first kappa shape index (κ1) is 18.0. The summed E-state index contributed by atoms with van der Waals surface area (Å²) >= 11 is 0. The second-order valence-corrected chi connectivity index (χ2v) is 7.45. The Kier molecular flexibility index (Phi) is 7.64. The molecule has 0 aromatic heterocycles. The molecular weight excluding hydrogens is 284 g/mol. The van der Waals surface area contributed by atoms with Crippen molar-refractivity contribution in [3.05, 3.63) is 29.8 Å². The molecule has 2 fully saturated rings. The molecule has 0 radical (unpaired) electrons. The zero-order valence-electron chi connectivity index (χ0n) is 14.8. The molecular formula is C21H32O2. The molecule has 0 N–H and O–H groups in total. The van der Waals surface area contributed by atoms with E-state index in [4.69, 9.17) is 0 Å². The second kappa shape index (κ2) is 9.75. The van der Waals surface area contributed by atoms with E-state index in [-0.39, 0.29) is 0 Å². The van der Waals surface area contributed by atoms with Gasteiger partial charge in [0.05, 0.1) is 0 Å². The standard InChI is InChI=1S/C13H24.C8H8O2/c1-11-7-9-13(10-8-11)12-5-3-2-4-6-12;1-7-2-4-8(5-3-7)10-6-9/h11-13H,2-10H2,1H3;2-6H,1H3. The van der Waals surface area contributed by atoms with Gasteiger partial charge in [-0.05, 0) is 49.7 Å². The Balaban J connectivity index is 0.000000174. The first-order chi connectivity index (χ1) is 11.2. The number of carbonyl (C=O) groups is 1. The van der Waals surface area contributed by atoms with Crippen molar-refractivity contribution in [1.82, 2.24) is 0 Å². The summed E-state index contributed by atoms with van der Waals surface area (Å²) in [5.74, 6) is 3.86. The number of aryl methyl sites for hydroxylation is 1. The maximum atomic E-state index is 9.84.